The van der Waals surface area contributed by atoms with Crippen molar-refractivity contribution >= 4 is 6.08 Å². The first kappa shape index (κ1) is 25.1. The van der Waals surface area contributed by atoms with Crippen LogP contribution in [0, 0.1) is 0 Å². The number of nitrogens with zero attached hydrogens (tertiary/aromatic N) is 2. The first-order valence-electron chi connectivity index (χ1n) is 12.1. The Hall–Kier alpha value is -2.20. The molecule has 0 saturated heterocycles. The normalized spacial score (nSPS) is 12.4. The molecule has 0 spiro atoms. The van der Waals surface area contributed by atoms with Crippen molar-refractivity contribution < 1.29 is 9.84 Å². The topological polar surface area (TPSA) is 55.2 Å². The van der Waals surface area contributed by atoms with Gasteiger partial charge in [0.05, 0.1) is 25.1 Å². The molecule has 2 rings (SSSR count). The van der Waals surface area contributed by atoms with E-state index in [1.165, 1.54) is 44.9 Å². The molecule has 0 aliphatic heterocycles. The summed E-state index contributed by atoms with van der Waals surface area (Å²) in [4.78, 5) is 8.92. The maximum Gasteiger partial charge on any atom is 0.159 e. The third-order valence-corrected chi connectivity index (χ3v) is 5.37. The number of benzene rings is 1. The van der Waals surface area contributed by atoms with Gasteiger partial charge in [0, 0.05) is 5.56 Å². The van der Waals surface area contributed by atoms with Crippen molar-refractivity contribution in [2.24, 2.45) is 0 Å². The molecule has 1 N–H and O–H groups in total. The van der Waals surface area contributed by atoms with E-state index in [0.717, 1.165) is 49.2 Å². The average molecular weight is 425 g/mol. The summed E-state index contributed by atoms with van der Waals surface area (Å²) >= 11 is 0. The minimum atomic E-state index is -0.213. The number of rotatable bonds is 16. The molecule has 0 saturated carbocycles. The molecule has 170 valence electrons. The van der Waals surface area contributed by atoms with E-state index in [9.17, 15) is 5.11 Å². The second-order valence-electron chi connectivity index (χ2n) is 8.37. The fourth-order valence-corrected chi connectivity index (χ4v) is 3.46. The van der Waals surface area contributed by atoms with Gasteiger partial charge in [-0.1, -0.05) is 88.3 Å². The monoisotopic (exact) mass is 424 g/mol. The number of hydrogen-bond donors (Lipinski definition) is 1. The molecule has 1 aromatic heterocycles. The lowest BCUT2D eigenvalue weighted by Gasteiger charge is -2.07. The number of aromatic nitrogens is 2. The number of ether oxygens (including phenoxy) is 1. The van der Waals surface area contributed by atoms with Crippen LogP contribution in [0.4, 0.5) is 0 Å². The average Bonchev–Trinajstić information content (AvgIpc) is 2.78. The van der Waals surface area contributed by atoms with Crippen molar-refractivity contribution in [3.05, 3.63) is 48.3 Å². The zero-order chi connectivity index (χ0) is 22.2. The Balaban J connectivity index is 1.67. The zero-order valence-electron chi connectivity index (χ0n) is 19.4. The highest BCUT2D eigenvalue weighted by Crippen LogP contribution is 2.18. The molecule has 1 aromatic carbocycles. The van der Waals surface area contributed by atoms with Gasteiger partial charge in [-0.05, 0) is 38.2 Å². The second-order valence-corrected chi connectivity index (χ2v) is 8.37. The van der Waals surface area contributed by atoms with E-state index in [0.29, 0.717) is 5.82 Å². The molecule has 2 aromatic rings. The molecule has 4 nitrogen and oxygen atoms in total. The predicted octanol–water partition coefficient (Wildman–Crippen LogP) is 7.23. The number of unbranched alkanes of at least 4 members (excludes halogenated alkanes) is 8. The van der Waals surface area contributed by atoms with E-state index in [4.69, 9.17) is 4.74 Å². The van der Waals surface area contributed by atoms with Crippen molar-refractivity contribution in [1.29, 1.82) is 0 Å². The van der Waals surface area contributed by atoms with Crippen LogP contribution in [0.15, 0.2) is 42.7 Å². The number of aliphatic hydroxyl groups excluding tert-OH is 1. The summed E-state index contributed by atoms with van der Waals surface area (Å²) in [6.45, 7) is 4.82. The lowest BCUT2D eigenvalue weighted by Crippen LogP contribution is -1.99. The Bertz CT molecular complexity index is 724. The van der Waals surface area contributed by atoms with Gasteiger partial charge in [-0.3, -0.25) is 0 Å². The van der Waals surface area contributed by atoms with Gasteiger partial charge in [-0.15, -0.1) is 0 Å². The van der Waals surface area contributed by atoms with E-state index in [-0.39, 0.29) is 6.10 Å². The summed E-state index contributed by atoms with van der Waals surface area (Å²) < 4.78 is 5.79. The maximum absolute atomic E-state index is 9.28. The van der Waals surface area contributed by atoms with Crippen molar-refractivity contribution in [3.63, 3.8) is 0 Å². The molecular weight excluding hydrogens is 384 g/mol. The van der Waals surface area contributed by atoms with Crippen LogP contribution in [0.25, 0.3) is 17.5 Å². The van der Waals surface area contributed by atoms with E-state index in [1.807, 2.05) is 19.1 Å². The van der Waals surface area contributed by atoms with E-state index >= 15 is 0 Å². The molecule has 4 heteroatoms. The Labute approximate surface area is 188 Å². The fraction of sp³-hybridized carbons (Fsp3) is 0.556. The van der Waals surface area contributed by atoms with Crippen LogP contribution < -0.4 is 4.74 Å². The Morgan fingerprint density at radius 3 is 2.19 bits per heavy atom. The van der Waals surface area contributed by atoms with Gasteiger partial charge in [0.15, 0.2) is 11.6 Å². The van der Waals surface area contributed by atoms with Crippen LogP contribution in [-0.2, 0) is 0 Å². The molecule has 0 bridgehead atoms. The quantitative estimate of drug-likeness (QED) is 0.289. The zero-order valence-corrected chi connectivity index (χ0v) is 19.4. The predicted molar refractivity (Wildman–Crippen MR) is 130 cm³/mol. The number of aliphatic hydroxyl groups is 1. The van der Waals surface area contributed by atoms with Crippen LogP contribution in [0.3, 0.4) is 0 Å². The molecule has 1 unspecified atom stereocenters. The molecule has 1 heterocycles. The highest BCUT2D eigenvalue weighted by Gasteiger charge is 2.02. The largest absolute Gasteiger partial charge is 0.490 e. The van der Waals surface area contributed by atoms with Crippen LogP contribution in [-0.4, -0.2) is 27.8 Å². The summed E-state index contributed by atoms with van der Waals surface area (Å²) in [5.74, 6) is 1.45. The van der Waals surface area contributed by atoms with Crippen molar-refractivity contribution in [1.82, 2.24) is 9.97 Å². The van der Waals surface area contributed by atoms with Crippen molar-refractivity contribution in [2.45, 2.75) is 90.6 Å². The molecule has 1 atom stereocenters. The molecule has 0 amide bonds. The third kappa shape index (κ3) is 11.1. The van der Waals surface area contributed by atoms with Crippen LogP contribution >= 0.6 is 0 Å². The van der Waals surface area contributed by atoms with Gasteiger partial charge < -0.3 is 9.84 Å². The molecule has 31 heavy (non-hydrogen) atoms. The SMILES string of the molecule is CCCCCCCCCCOc1cnc(-c2ccc(/C=C/CCCC(C)O)cc2)nc1. The highest BCUT2D eigenvalue weighted by atomic mass is 16.5. The molecule has 0 fully saturated rings. The van der Waals surface area contributed by atoms with E-state index in [1.54, 1.807) is 12.4 Å². The lowest BCUT2D eigenvalue weighted by molar-refractivity contribution is 0.182. The minimum absolute atomic E-state index is 0.213. The highest BCUT2D eigenvalue weighted by molar-refractivity contribution is 5.59. The summed E-state index contributed by atoms with van der Waals surface area (Å²) in [6.07, 6.45) is 20.8. The molecule has 0 aliphatic carbocycles. The van der Waals surface area contributed by atoms with Crippen molar-refractivity contribution in [2.75, 3.05) is 6.61 Å². The molecular formula is C27H40N2O2. The van der Waals surface area contributed by atoms with E-state index in [2.05, 4.69) is 41.2 Å². The summed E-state index contributed by atoms with van der Waals surface area (Å²) in [5.41, 5.74) is 2.16. The summed E-state index contributed by atoms with van der Waals surface area (Å²) in [5, 5.41) is 9.28. The lowest BCUT2D eigenvalue weighted by atomic mass is 10.1. The summed E-state index contributed by atoms with van der Waals surface area (Å²) in [6, 6.07) is 8.25. The first-order valence-corrected chi connectivity index (χ1v) is 12.1. The Morgan fingerprint density at radius 1 is 0.903 bits per heavy atom. The van der Waals surface area contributed by atoms with Crippen LogP contribution in [0.1, 0.15) is 90.0 Å². The van der Waals surface area contributed by atoms with Crippen LogP contribution in [0.5, 0.6) is 5.75 Å². The minimum Gasteiger partial charge on any atom is -0.490 e. The van der Waals surface area contributed by atoms with Gasteiger partial charge in [0.25, 0.3) is 0 Å². The Morgan fingerprint density at radius 2 is 1.55 bits per heavy atom. The van der Waals surface area contributed by atoms with Crippen LogP contribution in [0.2, 0.25) is 0 Å². The number of hydrogen-bond acceptors (Lipinski definition) is 4. The maximum atomic E-state index is 9.28. The van der Waals surface area contributed by atoms with Gasteiger partial charge in [0.1, 0.15) is 0 Å². The van der Waals surface area contributed by atoms with Gasteiger partial charge in [0.2, 0.25) is 0 Å². The molecule has 0 aliphatic rings. The standard InChI is InChI=1S/C27H40N2O2/c1-3-4-5-6-7-8-9-13-20-31-26-21-28-27(29-22-26)25-18-16-24(17-19-25)15-12-10-11-14-23(2)30/h12,15-19,21-23,30H,3-11,13-14,20H2,1-2H3/b15-12+. The second kappa shape index (κ2) is 15.6. The van der Waals surface area contributed by atoms with Gasteiger partial charge in [-0.25, -0.2) is 9.97 Å². The van der Waals surface area contributed by atoms with Crippen molar-refractivity contribution in [3.8, 4) is 17.1 Å². The third-order valence-electron chi connectivity index (χ3n) is 5.37. The van der Waals surface area contributed by atoms with Gasteiger partial charge in [-0.2, -0.15) is 0 Å². The smallest absolute Gasteiger partial charge is 0.159 e. The number of allylic oxidation sites excluding steroid dienone is 1. The van der Waals surface area contributed by atoms with E-state index < -0.39 is 0 Å². The fourth-order valence-electron chi connectivity index (χ4n) is 3.46. The summed E-state index contributed by atoms with van der Waals surface area (Å²) in [7, 11) is 0. The molecule has 0 radical (unpaired) electrons. The Kier molecular flexibility index (Phi) is 12.6. The first-order chi connectivity index (χ1) is 15.2. The van der Waals surface area contributed by atoms with Gasteiger partial charge >= 0.3 is 0 Å².